The lowest BCUT2D eigenvalue weighted by Crippen LogP contribution is -2.50. The van der Waals surface area contributed by atoms with E-state index in [9.17, 15) is 22.8 Å². The van der Waals surface area contributed by atoms with E-state index < -0.39 is 52.2 Å². The second-order valence-electron chi connectivity index (χ2n) is 8.47. The molecule has 1 aromatic carbocycles. The standard InChI is InChI=1S/C21H21F3N2O4/c1-4-7-29-14-9-19(2)15-16(20(14,3)30-19)18(28)26(17(15)27)12-6-5-11(10-25)13(8-12)21(22,23)24/h5-6,8,14-16H,4,7,9H2,1-3H3/t14-,15-,16+,19+,20-/m0/s1. The number of carbonyl (C=O) groups excluding carboxylic acids is 2. The second kappa shape index (κ2) is 6.53. The summed E-state index contributed by atoms with van der Waals surface area (Å²) in [7, 11) is 0. The number of fused-ring (bicyclic) bond motifs is 5. The van der Waals surface area contributed by atoms with Crippen molar-refractivity contribution in [2.24, 2.45) is 11.8 Å². The normalized spacial score (nSPS) is 35.1. The molecule has 2 amide bonds. The highest BCUT2D eigenvalue weighted by molar-refractivity contribution is 6.23. The van der Waals surface area contributed by atoms with Gasteiger partial charge in [-0.25, -0.2) is 4.90 Å². The molecule has 30 heavy (non-hydrogen) atoms. The molecule has 0 saturated carbocycles. The van der Waals surface area contributed by atoms with Crippen LogP contribution in [0.25, 0.3) is 0 Å². The predicted octanol–water partition coefficient (Wildman–Crippen LogP) is 3.43. The molecule has 3 heterocycles. The number of hydrogen-bond acceptors (Lipinski definition) is 5. The second-order valence-corrected chi connectivity index (χ2v) is 8.47. The van der Waals surface area contributed by atoms with Gasteiger partial charge in [0.2, 0.25) is 11.8 Å². The van der Waals surface area contributed by atoms with E-state index in [1.165, 1.54) is 12.1 Å². The molecule has 160 valence electrons. The molecule has 3 fully saturated rings. The molecular formula is C21H21F3N2O4. The summed E-state index contributed by atoms with van der Waals surface area (Å²) in [5.41, 5.74) is -3.90. The maximum atomic E-state index is 13.4. The lowest BCUT2D eigenvalue weighted by atomic mass is 9.67. The fourth-order valence-electron chi connectivity index (χ4n) is 5.24. The fourth-order valence-corrected chi connectivity index (χ4v) is 5.24. The fraction of sp³-hybridized carbons (Fsp3) is 0.571. The van der Waals surface area contributed by atoms with E-state index in [4.69, 9.17) is 14.7 Å². The minimum absolute atomic E-state index is 0.191. The smallest absolute Gasteiger partial charge is 0.375 e. The van der Waals surface area contributed by atoms with Gasteiger partial charge in [-0.15, -0.1) is 0 Å². The number of halogens is 3. The van der Waals surface area contributed by atoms with Gasteiger partial charge < -0.3 is 9.47 Å². The highest BCUT2D eigenvalue weighted by Gasteiger charge is 2.76. The minimum atomic E-state index is -4.79. The lowest BCUT2D eigenvalue weighted by Gasteiger charge is -2.35. The van der Waals surface area contributed by atoms with Crippen molar-refractivity contribution in [3.63, 3.8) is 0 Å². The molecule has 9 heteroatoms. The molecule has 3 saturated heterocycles. The van der Waals surface area contributed by atoms with Crippen LogP contribution in [0.5, 0.6) is 0 Å². The van der Waals surface area contributed by atoms with Gasteiger partial charge in [-0.2, -0.15) is 18.4 Å². The largest absolute Gasteiger partial charge is 0.417 e. The zero-order chi connectivity index (χ0) is 22.1. The lowest BCUT2D eigenvalue weighted by molar-refractivity contribution is -0.138. The number of nitriles is 1. The van der Waals surface area contributed by atoms with Crippen LogP contribution in [0.4, 0.5) is 18.9 Å². The van der Waals surface area contributed by atoms with Gasteiger partial charge in [-0.1, -0.05) is 6.92 Å². The van der Waals surface area contributed by atoms with Crippen LogP contribution in [-0.2, 0) is 25.2 Å². The number of anilines is 1. The quantitative estimate of drug-likeness (QED) is 0.695. The number of alkyl halides is 3. The summed E-state index contributed by atoms with van der Waals surface area (Å²) < 4.78 is 52.2. The summed E-state index contributed by atoms with van der Waals surface area (Å²) in [6.07, 6.45) is -3.96. The first kappa shape index (κ1) is 20.8. The zero-order valence-electron chi connectivity index (χ0n) is 16.7. The van der Waals surface area contributed by atoms with Gasteiger partial charge in [-0.05, 0) is 38.5 Å². The van der Waals surface area contributed by atoms with Crippen LogP contribution in [0.2, 0.25) is 0 Å². The molecule has 4 rings (SSSR count). The molecule has 3 aliphatic rings. The van der Waals surface area contributed by atoms with Gasteiger partial charge in [0.15, 0.2) is 0 Å². The molecule has 0 spiro atoms. The van der Waals surface area contributed by atoms with Crippen LogP contribution < -0.4 is 4.90 Å². The Hall–Kier alpha value is -2.44. The van der Waals surface area contributed by atoms with E-state index in [-0.39, 0.29) is 11.8 Å². The number of nitrogens with zero attached hydrogens (tertiary/aromatic N) is 2. The third-order valence-electron chi connectivity index (χ3n) is 6.48. The maximum absolute atomic E-state index is 13.4. The van der Waals surface area contributed by atoms with Gasteiger partial charge in [0, 0.05) is 13.0 Å². The van der Waals surface area contributed by atoms with E-state index in [1.54, 1.807) is 13.8 Å². The van der Waals surface area contributed by atoms with Gasteiger partial charge in [0.05, 0.1) is 46.4 Å². The number of benzene rings is 1. The Balaban J connectivity index is 1.74. The first-order valence-electron chi connectivity index (χ1n) is 9.79. The number of imide groups is 1. The van der Waals surface area contributed by atoms with E-state index in [0.717, 1.165) is 17.4 Å². The van der Waals surface area contributed by atoms with Crippen molar-refractivity contribution in [2.45, 2.75) is 57.1 Å². The molecule has 1 aromatic rings. The Morgan fingerprint density at radius 3 is 2.53 bits per heavy atom. The zero-order valence-corrected chi connectivity index (χ0v) is 16.7. The average molecular weight is 422 g/mol. The number of ether oxygens (including phenoxy) is 2. The number of carbonyl (C=O) groups is 2. The summed E-state index contributed by atoms with van der Waals surface area (Å²) in [6.45, 7) is 5.92. The Morgan fingerprint density at radius 1 is 1.27 bits per heavy atom. The van der Waals surface area contributed by atoms with Crippen molar-refractivity contribution in [3.8, 4) is 6.07 Å². The predicted molar refractivity (Wildman–Crippen MR) is 98.2 cm³/mol. The Labute approximate surface area is 171 Å². The highest BCUT2D eigenvalue weighted by Crippen LogP contribution is 2.61. The Kier molecular flexibility index (Phi) is 4.53. The molecule has 0 unspecified atom stereocenters. The monoisotopic (exact) mass is 422 g/mol. The molecule has 5 atom stereocenters. The SMILES string of the molecule is CCCO[C@H]1C[C@@]2(C)O[C@]1(C)[C@H]1C(=O)N(c3ccc(C#N)c(C(F)(F)F)c3)C(=O)[C@H]12. The van der Waals surface area contributed by atoms with Crippen LogP contribution in [0, 0.1) is 23.2 Å². The van der Waals surface area contributed by atoms with Gasteiger partial charge >= 0.3 is 6.18 Å². The summed E-state index contributed by atoms with van der Waals surface area (Å²) in [5, 5.41) is 8.99. The third kappa shape index (κ3) is 2.70. The summed E-state index contributed by atoms with van der Waals surface area (Å²) in [5.74, 6) is -2.81. The molecule has 0 radical (unpaired) electrons. The van der Waals surface area contributed by atoms with Gasteiger partial charge in [0.25, 0.3) is 0 Å². The summed E-state index contributed by atoms with van der Waals surface area (Å²) >= 11 is 0. The van der Waals surface area contributed by atoms with E-state index in [2.05, 4.69) is 0 Å². The molecular weight excluding hydrogens is 401 g/mol. The minimum Gasteiger partial charge on any atom is -0.375 e. The number of hydrogen-bond donors (Lipinski definition) is 0. The molecule has 0 aromatic heterocycles. The Bertz CT molecular complexity index is 972. The van der Waals surface area contributed by atoms with Crippen molar-refractivity contribution in [3.05, 3.63) is 29.3 Å². The number of amides is 2. The van der Waals surface area contributed by atoms with E-state index >= 15 is 0 Å². The number of rotatable bonds is 4. The first-order chi connectivity index (χ1) is 14.0. The van der Waals surface area contributed by atoms with Crippen LogP contribution >= 0.6 is 0 Å². The van der Waals surface area contributed by atoms with E-state index in [0.29, 0.717) is 19.1 Å². The Morgan fingerprint density at radius 2 is 1.93 bits per heavy atom. The summed E-state index contributed by atoms with van der Waals surface area (Å²) in [6, 6.07) is 4.37. The molecule has 3 aliphatic heterocycles. The van der Waals surface area contributed by atoms with Crippen LogP contribution in [0.1, 0.15) is 44.7 Å². The van der Waals surface area contributed by atoms with Crippen molar-refractivity contribution < 1.29 is 32.2 Å². The van der Waals surface area contributed by atoms with Gasteiger partial charge in [-0.3, -0.25) is 9.59 Å². The van der Waals surface area contributed by atoms with Crippen LogP contribution in [0.15, 0.2) is 18.2 Å². The molecule has 2 bridgehead atoms. The van der Waals surface area contributed by atoms with Gasteiger partial charge in [0.1, 0.15) is 5.60 Å². The van der Waals surface area contributed by atoms with Crippen molar-refractivity contribution in [1.82, 2.24) is 0 Å². The average Bonchev–Trinajstić information content (AvgIpc) is 3.19. The molecule has 0 N–H and O–H groups in total. The third-order valence-corrected chi connectivity index (χ3v) is 6.48. The highest BCUT2D eigenvalue weighted by atomic mass is 19.4. The molecule has 6 nitrogen and oxygen atoms in total. The summed E-state index contributed by atoms with van der Waals surface area (Å²) in [4.78, 5) is 27.3. The van der Waals surface area contributed by atoms with Crippen molar-refractivity contribution in [2.75, 3.05) is 11.5 Å². The van der Waals surface area contributed by atoms with Crippen LogP contribution in [-0.4, -0.2) is 35.7 Å². The van der Waals surface area contributed by atoms with E-state index in [1.807, 2.05) is 6.92 Å². The van der Waals surface area contributed by atoms with Crippen molar-refractivity contribution in [1.29, 1.82) is 5.26 Å². The molecule has 0 aliphatic carbocycles. The topological polar surface area (TPSA) is 79.6 Å². The van der Waals surface area contributed by atoms with Crippen molar-refractivity contribution >= 4 is 17.5 Å². The maximum Gasteiger partial charge on any atom is 0.417 e. The van der Waals surface area contributed by atoms with Crippen LogP contribution in [0.3, 0.4) is 0 Å². The first-order valence-corrected chi connectivity index (χ1v) is 9.79.